The van der Waals surface area contributed by atoms with Crippen LogP contribution in [0.4, 0.5) is 0 Å². The maximum Gasteiger partial charge on any atom is 0.0742 e. The number of benzene rings is 1. The van der Waals surface area contributed by atoms with Crippen LogP contribution in [-0.4, -0.2) is 11.0 Å². The van der Waals surface area contributed by atoms with Crippen LogP contribution in [0.15, 0.2) is 24.3 Å². The van der Waals surface area contributed by atoms with Gasteiger partial charge < -0.3 is 5.73 Å². The maximum absolute atomic E-state index is 5.88. The van der Waals surface area contributed by atoms with Crippen LogP contribution in [0, 0.1) is 6.92 Å². The van der Waals surface area contributed by atoms with Crippen molar-refractivity contribution < 1.29 is 0 Å². The number of pyridine rings is 1. The van der Waals surface area contributed by atoms with Crippen LogP contribution in [-0.2, 0) is 6.42 Å². The van der Waals surface area contributed by atoms with Crippen LogP contribution in [0.3, 0.4) is 0 Å². The van der Waals surface area contributed by atoms with Crippen molar-refractivity contribution in [2.45, 2.75) is 46.1 Å². The molecule has 2 rings (SSSR count). The van der Waals surface area contributed by atoms with Crippen LogP contribution in [0.2, 0.25) is 0 Å². The molecule has 2 N–H and O–H groups in total. The summed E-state index contributed by atoms with van der Waals surface area (Å²) in [4.78, 5) is 4.82. The molecule has 18 heavy (non-hydrogen) atoms. The number of nitrogens with two attached hydrogens (primary N) is 1. The zero-order valence-electron chi connectivity index (χ0n) is 11.7. The number of rotatable bonds is 3. The molecule has 2 aromatic rings. The molecule has 1 aromatic heterocycles. The third-order valence-electron chi connectivity index (χ3n) is 3.28. The molecule has 0 saturated carbocycles. The number of fused-ring (bicyclic) bond motifs is 1. The van der Waals surface area contributed by atoms with E-state index in [2.05, 4.69) is 45.0 Å². The van der Waals surface area contributed by atoms with Gasteiger partial charge in [0.15, 0.2) is 0 Å². The Bertz CT molecular complexity index is 556. The fourth-order valence-corrected chi connectivity index (χ4v) is 2.41. The minimum atomic E-state index is 0.153. The second-order valence-electron chi connectivity index (χ2n) is 5.51. The van der Waals surface area contributed by atoms with Gasteiger partial charge in [0.05, 0.1) is 5.52 Å². The lowest BCUT2D eigenvalue weighted by Gasteiger charge is -2.13. The molecule has 1 aromatic carbocycles. The molecule has 1 unspecified atom stereocenters. The van der Waals surface area contributed by atoms with E-state index in [-0.39, 0.29) is 6.04 Å². The quantitative estimate of drug-likeness (QED) is 0.893. The van der Waals surface area contributed by atoms with Crippen LogP contribution in [0.1, 0.15) is 43.5 Å². The van der Waals surface area contributed by atoms with E-state index < -0.39 is 0 Å². The van der Waals surface area contributed by atoms with Gasteiger partial charge in [-0.15, -0.1) is 0 Å². The lowest BCUT2D eigenvalue weighted by Crippen LogP contribution is -2.18. The summed E-state index contributed by atoms with van der Waals surface area (Å²) in [7, 11) is 0. The highest BCUT2D eigenvalue weighted by Crippen LogP contribution is 2.26. The van der Waals surface area contributed by atoms with Crippen LogP contribution in [0.5, 0.6) is 0 Å². The monoisotopic (exact) mass is 242 g/mol. The summed E-state index contributed by atoms with van der Waals surface area (Å²) >= 11 is 0. The van der Waals surface area contributed by atoms with Crippen molar-refractivity contribution in [1.82, 2.24) is 4.98 Å². The number of hydrogen-bond donors (Lipinski definition) is 1. The molecule has 0 aliphatic heterocycles. The Hall–Kier alpha value is -1.41. The van der Waals surface area contributed by atoms with E-state index in [1.54, 1.807) is 0 Å². The van der Waals surface area contributed by atoms with E-state index in [4.69, 9.17) is 10.7 Å². The molecule has 2 heteroatoms. The highest BCUT2D eigenvalue weighted by Gasteiger charge is 2.10. The molecule has 0 spiro atoms. The highest BCUT2D eigenvalue weighted by atomic mass is 14.7. The van der Waals surface area contributed by atoms with E-state index in [9.17, 15) is 0 Å². The van der Waals surface area contributed by atoms with E-state index in [1.807, 2.05) is 6.92 Å². The third kappa shape index (κ3) is 2.54. The van der Waals surface area contributed by atoms with Crippen molar-refractivity contribution in [2.24, 2.45) is 5.73 Å². The first-order chi connectivity index (χ1) is 8.49. The van der Waals surface area contributed by atoms with Gasteiger partial charge in [0.2, 0.25) is 0 Å². The number of aromatic nitrogens is 1. The molecular formula is C16H22N2. The van der Waals surface area contributed by atoms with Crippen molar-refractivity contribution in [3.8, 4) is 0 Å². The van der Waals surface area contributed by atoms with Gasteiger partial charge in [-0.1, -0.05) is 32.0 Å². The largest absolute Gasteiger partial charge is 0.328 e. The third-order valence-corrected chi connectivity index (χ3v) is 3.28. The first kappa shape index (κ1) is 13.0. The van der Waals surface area contributed by atoms with Gasteiger partial charge in [-0.2, -0.15) is 0 Å². The maximum atomic E-state index is 5.88. The normalized spacial score (nSPS) is 13.2. The van der Waals surface area contributed by atoms with Gasteiger partial charge in [-0.05, 0) is 37.0 Å². The van der Waals surface area contributed by atoms with Gasteiger partial charge in [-0.3, -0.25) is 4.98 Å². The van der Waals surface area contributed by atoms with Crippen molar-refractivity contribution in [2.75, 3.05) is 0 Å². The van der Waals surface area contributed by atoms with Crippen LogP contribution in [0.25, 0.3) is 10.9 Å². The van der Waals surface area contributed by atoms with Crippen LogP contribution >= 0.6 is 0 Å². The molecule has 0 amide bonds. The van der Waals surface area contributed by atoms with Crippen LogP contribution < -0.4 is 5.73 Å². The summed E-state index contributed by atoms with van der Waals surface area (Å²) < 4.78 is 0. The van der Waals surface area contributed by atoms with Crippen molar-refractivity contribution >= 4 is 10.9 Å². The SMILES string of the molecule is Cc1cc(CC(C)N)nc2c(C(C)C)cccc12. The van der Waals surface area contributed by atoms with E-state index >= 15 is 0 Å². The number of nitrogens with zero attached hydrogens (tertiary/aromatic N) is 1. The molecule has 0 bridgehead atoms. The van der Waals surface area contributed by atoms with Crippen molar-refractivity contribution in [3.63, 3.8) is 0 Å². The average Bonchev–Trinajstić information content (AvgIpc) is 2.27. The molecule has 0 saturated heterocycles. The lowest BCUT2D eigenvalue weighted by molar-refractivity contribution is 0.723. The van der Waals surface area contributed by atoms with Gasteiger partial charge in [0, 0.05) is 23.5 Å². The van der Waals surface area contributed by atoms with Gasteiger partial charge >= 0.3 is 0 Å². The Kier molecular flexibility index (Phi) is 3.67. The van der Waals surface area contributed by atoms with Crippen molar-refractivity contribution in [1.29, 1.82) is 0 Å². The Morgan fingerprint density at radius 1 is 1.22 bits per heavy atom. The fraction of sp³-hybridized carbons (Fsp3) is 0.438. The van der Waals surface area contributed by atoms with E-state index in [0.29, 0.717) is 5.92 Å². The average molecular weight is 242 g/mol. The molecule has 1 heterocycles. The second kappa shape index (κ2) is 5.07. The Morgan fingerprint density at radius 3 is 2.56 bits per heavy atom. The minimum Gasteiger partial charge on any atom is -0.328 e. The summed E-state index contributed by atoms with van der Waals surface area (Å²) in [6.45, 7) is 8.60. The molecule has 0 radical (unpaired) electrons. The fourth-order valence-electron chi connectivity index (χ4n) is 2.41. The predicted molar refractivity (Wildman–Crippen MR) is 77.9 cm³/mol. The summed E-state index contributed by atoms with van der Waals surface area (Å²) in [5.41, 5.74) is 10.7. The Balaban J connectivity index is 2.64. The highest BCUT2D eigenvalue weighted by molar-refractivity contribution is 5.85. The summed E-state index contributed by atoms with van der Waals surface area (Å²) in [5, 5.41) is 1.26. The lowest BCUT2D eigenvalue weighted by atomic mass is 9.97. The Morgan fingerprint density at radius 2 is 1.94 bits per heavy atom. The number of hydrogen-bond acceptors (Lipinski definition) is 2. The number of para-hydroxylation sites is 1. The first-order valence-electron chi connectivity index (χ1n) is 6.63. The number of aryl methyl sites for hydroxylation is 1. The second-order valence-corrected chi connectivity index (χ2v) is 5.51. The first-order valence-corrected chi connectivity index (χ1v) is 6.63. The summed E-state index contributed by atoms with van der Waals surface area (Å²) in [6, 6.07) is 8.77. The van der Waals surface area contributed by atoms with Gasteiger partial charge in [0.25, 0.3) is 0 Å². The minimum absolute atomic E-state index is 0.153. The molecule has 1 atom stereocenters. The predicted octanol–water partition coefficient (Wildman–Crippen LogP) is 3.56. The molecular weight excluding hydrogens is 220 g/mol. The van der Waals surface area contributed by atoms with Gasteiger partial charge in [0.1, 0.15) is 0 Å². The topological polar surface area (TPSA) is 38.9 Å². The molecule has 0 aliphatic carbocycles. The molecule has 0 fully saturated rings. The smallest absolute Gasteiger partial charge is 0.0742 e. The molecule has 96 valence electrons. The van der Waals surface area contributed by atoms with E-state index in [0.717, 1.165) is 17.6 Å². The summed E-state index contributed by atoms with van der Waals surface area (Å²) in [5.74, 6) is 0.492. The molecule has 0 aliphatic rings. The summed E-state index contributed by atoms with van der Waals surface area (Å²) in [6.07, 6.45) is 0.837. The standard InChI is InChI=1S/C16H22N2/c1-10(2)14-6-5-7-15-11(3)8-13(9-12(4)17)18-16(14)15/h5-8,10,12H,9,17H2,1-4H3. The zero-order chi connectivity index (χ0) is 13.3. The molecule has 2 nitrogen and oxygen atoms in total. The van der Waals surface area contributed by atoms with Gasteiger partial charge in [-0.25, -0.2) is 0 Å². The Labute approximate surface area is 109 Å². The zero-order valence-corrected chi connectivity index (χ0v) is 11.7. The van der Waals surface area contributed by atoms with E-state index in [1.165, 1.54) is 16.5 Å². The van der Waals surface area contributed by atoms with Crippen molar-refractivity contribution in [3.05, 3.63) is 41.1 Å².